The number of nitrogens with one attached hydrogen (secondary N) is 2. The molecule has 0 radical (unpaired) electrons. The Balaban J connectivity index is 1.44. The summed E-state index contributed by atoms with van der Waals surface area (Å²) >= 11 is 0. The maximum atomic E-state index is 4.83. The maximum Gasteiger partial charge on any atom is 0.191 e. The molecule has 1 unspecified atom stereocenters. The molecule has 0 amide bonds. The highest BCUT2D eigenvalue weighted by molar-refractivity contribution is 5.79. The van der Waals surface area contributed by atoms with E-state index in [4.69, 9.17) is 4.99 Å². The van der Waals surface area contributed by atoms with E-state index in [1.165, 1.54) is 44.5 Å². The van der Waals surface area contributed by atoms with E-state index in [9.17, 15) is 0 Å². The van der Waals surface area contributed by atoms with E-state index in [0.717, 1.165) is 63.8 Å². The molecule has 1 atom stereocenters. The Morgan fingerprint density at radius 3 is 2.89 bits per heavy atom. The van der Waals surface area contributed by atoms with Crippen molar-refractivity contribution in [2.75, 3.05) is 32.7 Å². The van der Waals surface area contributed by atoms with Crippen LogP contribution in [0.3, 0.4) is 0 Å². The molecule has 0 aromatic carbocycles. The van der Waals surface area contributed by atoms with Gasteiger partial charge in [0, 0.05) is 38.5 Å². The molecule has 1 fully saturated rings. The average Bonchev–Trinajstić information content (AvgIpc) is 3.23. The zero-order valence-corrected chi connectivity index (χ0v) is 17.2. The van der Waals surface area contributed by atoms with Crippen molar-refractivity contribution in [3.05, 3.63) is 11.6 Å². The van der Waals surface area contributed by atoms with E-state index < -0.39 is 0 Å². The summed E-state index contributed by atoms with van der Waals surface area (Å²) in [5, 5.41) is 15.7. The van der Waals surface area contributed by atoms with Gasteiger partial charge in [-0.1, -0.05) is 13.3 Å². The van der Waals surface area contributed by atoms with Crippen molar-refractivity contribution in [3.63, 3.8) is 0 Å². The Labute approximate surface area is 164 Å². The van der Waals surface area contributed by atoms with Gasteiger partial charge in [-0.3, -0.25) is 9.89 Å². The molecule has 0 aliphatic carbocycles. The van der Waals surface area contributed by atoms with Crippen LogP contribution in [0.5, 0.6) is 0 Å². The van der Waals surface area contributed by atoms with E-state index >= 15 is 0 Å². The number of hydrogen-bond donors (Lipinski definition) is 2. The van der Waals surface area contributed by atoms with Crippen LogP contribution in [-0.4, -0.2) is 64.4 Å². The minimum Gasteiger partial charge on any atom is -0.357 e. The van der Waals surface area contributed by atoms with Crippen LogP contribution in [0.4, 0.5) is 0 Å². The first kappa shape index (κ1) is 20.1. The van der Waals surface area contributed by atoms with Gasteiger partial charge in [0.15, 0.2) is 5.96 Å². The number of likely N-dealkylation sites (tertiary alicyclic amines) is 1. The lowest BCUT2D eigenvalue weighted by atomic mass is 10.2. The highest BCUT2D eigenvalue weighted by Crippen LogP contribution is 2.17. The molecule has 2 aliphatic heterocycles. The second-order valence-corrected chi connectivity index (χ2v) is 7.67. The predicted octanol–water partition coefficient (Wildman–Crippen LogP) is 1.98. The summed E-state index contributed by atoms with van der Waals surface area (Å²) in [6, 6.07) is 0.608. The van der Waals surface area contributed by atoms with Crippen LogP contribution < -0.4 is 10.6 Å². The number of nitrogens with zero attached hydrogens (tertiary/aromatic N) is 5. The largest absolute Gasteiger partial charge is 0.357 e. The quantitative estimate of drug-likeness (QED) is 0.413. The fourth-order valence-electron chi connectivity index (χ4n) is 4.24. The van der Waals surface area contributed by atoms with Crippen LogP contribution in [0.1, 0.15) is 64.0 Å². The van der Waals surface area contributed by atoms with Crippen LogP contribution in [0.15, 0.2) is 4.99 Å². The van der Waals surface area contributed by atoms with Crippen LogP contribution in [0, 0.1) is 0 Å². The number of fused-ring (bicyclic) bond motifs is 1. The molecular weight excluding hydrogens is 338 g/mol. The highest BCUT2D eigenvalue weighted by atomic mass is 15.3. The number of guanidine groups is 1. The molecule has 3 rings (SSSR count). The van der Waals surface area contributed by atoms with Crippen molar-refractivity contribution < 1.29 is 0 Å². The number of hydrogen-bond acceptors (Lipinski definition) is 4. The normalized spacial score (nSPS) is 21.1. The van der Waals surface area contributed by atoms with Gasteiger partial charge in [-0.05, 0) is 52.1 Å². The molecule has 1 aromatic rings. The van der Waals surface area contributed by atoms with Crippen LogP contribution in [0.25, 0.3) is 0 Å². The summed E-state index contributed by atoms with van der Waals surface area (Å²) < 4.78 is 2.35. The number of likely N-dealkylation sites (N-methyl/N-ethyl adjacent to an activating group) is 1. The number of rotatable bonds is 8. The topological polar surface area (TPSA) is 70.4 Å². The molecule has 3 heterocycles. The SMILES string of the molecule is CCNC(=NCC1CCCN1CC)NCCCc1nnc2n1CCCCC2. The van der Waals surface area contributed by atoms with Crippen LogP contribution in [-0.2, 0) is 19.4 Å². The lowest BCUT2D eigenvalue weighted by Gasteiger charge is -2.21. The summed E-state index contributed by atoms with van der Waals surface area (Å²) in [4.78, 5) is 7.38. The molecule has 7 nitrogen and oxygen atoms in total. The zero-order valence-electron chi connectivity index (χ0n) is 17.2. The number of aromatic nitrogens is 3. The Hall–Kier alpha value is -1.63. The third kappa shape index (κ3) is 5.67. The average molecular weight is 376 g/mol. The smallest absolute Gasteiger partial charge is 0.191 e. The van der Waals surface area contributed by atoms with Gasteiger partial charge in [0.1, 0.15) is 11.6 Å². The number of aliphatic imine (C=N–C) groups is 1. The summed E-state index contributed by atoms with van der Waals surface area (Å²) in [7, 11) is 0. The van der Waals surface area contributed by atoms with Crippen molar-refractivity contribution >= 4 is 5.96 Å². The van der Waals surface area contributed by atoms with Gasteiger partial charge < -0.3 is 15.2 Å². The van der Waals surface area contributed by atoms with Gasteiger partial charge in [-0.15, -0.1) is 10.2 Å². The van der Waals surface area contributed by atoms with E-state index in [-0.39, 0.29) is 0 Å². The van der Waals surface area contributed by atoms with Crippen molar-refractivity contribution in [3.8, 4) is 0 Å². The van der Waals surface area contributed by atoms with E-state index in [2.05, 4.69) is 44.1 Å². The second kappa shape index (κ2) is 10.6. The Kier molecular flexibility index (Phi) is 7.93. The van der Waals surface area contributed by atoms with Crippen molar-refractivity contribution in [1.29, 1.82) is 0 Å². The molecule has 27 heavy (non-hydrogen) atoms. The van der Waals surface area contributed by atoms with E-state index in [1.54, 1.807) is 0 Å². The maximum absolute atomic E-state index is 4.83. The Bertz CT molecular complexity index is 595. The summed E-state index contributed by atoms with van der Waals surface area (Å²) in [5.74, 6) is 3.28. The first-order valence-electron chi connectivity index (χ1n) is 11.0. The monoisotopic (exact) mass is 375 g/mol. The molecular formula is C20H37N7. The van der Waals surface area contributed by atoms with Gasteiger partial charge in [-0.25, -0.2) is 0 Å². The van der Waals surface area contributed by atoms with Crippen LogP contribution in [0.2, 0.25) is 0 Å². The highest BCUT2D eigenvalue weighted by Gasteiger charge is 2.22. The Morgan fingerprint density at radius 2 is 2.04 bits per heavy atom. The summed E-state index contributed by atoms with van der Waals surface area (Å²) in [6.07, 6.45) is 9.50. The Morgan fingerprint density at radius 1 is 1.11 bits per heavy atom. The molecule has 0 bridgehead atoms. The molecule has 0 saturated carbocycles. The zero-order chi connectivity index (χ0) is 18.9. The summed E-state index contributed by atoms with van der Waals surface area (Å²) in [5.41, 5.74) is 0. The van der Waals surface area contributed by atoms with Gasteiger partial charge in [0.25, 0.3) is 0 Å². The third-order valence-corrected chi connectivity index (χ3v) is 5.77. The van der Waals surface area contributed by atoms with Gasteiger partial charge in [-0.2, -0.15) is 0 Å². The molecule has 1 aromatic heterocycles. The standard InChI is InChI=1S/C20H37N7/c1-3-21-20(23-16-17-10-9-14-26(17)4-2)22-13-8-12-19-25-24-18-11-6-5-7-15-27(18)19/h17H,3-16H2,1-2H3,(H2,21,22,23). The van der Waals surface area contributed by atoms with Gasteiger partial charge in [0.2, 0.25) is 0 Å². The third-order valence-electron chi connectivity index (χ3n) is 5.77. The minimum absolute atomic E-state index is 0.608. The molecule has 2 aliphatic rings. The van der Waals surface area contributed by atoms with Gasteiger partial charge >= 0.3 is 0 Å². The second-order valence-electron chi connectivity index (χ2n) is 7.67. The first-order valence-corrected chi connectivity index (χ1v) is 11.0. The molecule has 1 saturated heterocycles. The van der Waals surface area contributed by atoms with Crippen molar-refractivity contribution in [2.24, 2.45) is 4.99 Å². The lowest BCUT2D eigenvalue weighted by molar-refractivity contribution is 0.273. The van der Waals surface area contributed by atoms with Crippen molar-refractivity contribution in [2.45, 2.75) is 77.8 Å². The van der Waals surface area contributed by atoms with Crippen LogP contribution >= 0.6 is 0 Å². The number of aryl methyl sites for hydroxylation is 2. The molecule has 152 valence electrons. The predicted molar refractivity (Wildman–Crippen MR) is 110 cm³/mol. The molecule has 0 spiro atoms. The van der Waals surface area contributed by atoms with Gasteiger partial charge in [0.05, 0.1) is 6.54 Å². The fourth-order valence-corrected chi connectivity index (χ4v) is 4.24. The molecule has 2 N–H and O–H groups in total. The fraction of sp³-hybridized carbons (Fsp3) is 0.850. The van der Waals surface area contributed by atoms with Crippen molar-refractivity contribution in [1.82, 2.24) is 30.3 Å². The first-order chi connectivity index (χ1) is 13.3. The lowest BCUT2D eigenvalue weighted by Crippen LogP contribution is -2.39. The van der Waals surface area contributed by atoms with E-state index in [0.29, 0.717) is 6.04 Å². The van der Waals surface area contributed by atoms with E-state index in [1.807, 2.05) is 0 Å². The minimum atomic E-state index is 0.608. The molecule has 7 heteroatoms. The summed E-state index contributed by atoms with van der Waals surface area (Å²) in [6.45, 7) is 10.5.